The van der Waals surface area contributed by atoms with Gasteiger partial charge in [0, 0.05) is 13.1 Å². The molecule has 0 saturated carbocycles. The molecule has 1 aliphatic rings. The maximum Gasteiger partial charge on any atom is 0.332 e. The van der Waals surface area contributed by atoms with E-state index in [-0.39, 0.29) is 24.6 Å². The third-order valence-corrected chi connectivity index (χ3v) is 4.42. The maximum atomic E-state index is 13.2. The predicted octanol–water partition coefficient (Wildman–Crippen LogP) is 2.83. The first kappa shape index (κ1) is 19.5. The Morgan fingerprint density at radius 2 is 1.57 bits per heavy atom. The lowest BCUT2D eigenvalue weighted by atomic mass is 10.1. The molecule has 0 aromatic heterocycles. The van der Waals surface area contributed by atoms with E-state index in [9.17, 15) is 23.2 Å². The topological polar surface area (TPSA) is 69.7 Å². The summed E-state index contributed by atoms with van der Waals surface area (Å²) in [6, 6.07) is 8.88. The standard InChI is InChI=1S/C20H19F2N3O3/c1-2-23-18(26)11-17-19(27)25(16-9-7-15(22)8-10-16)20(28)24(17)12-13-3-5-14(21)6-4-13/h3-10,17H,2,11-12H2,1H3,(H,23,26). The summed E-state index contributed by atoms with van der Waals surface area (Å²) in [5, 5.41) is 2.61. The lowest BCUT2D eigenvalue weighted by molar-refractivity contribution is -0.127. The number of nitrogens with zero attached hydrogens (tertiary/aromatic N) is 2. The summed E-state index contributed by atoms with van der Waals surface area (Å²) in [6.07, 6.45) is -0.197. The number of nitrogens with one attached hydrogen (secondary N) is 1. The number of anilines is 1. The van der Waals surface area contributed by atoms with Crippen LogP contribution < -0.4 is 10.2 Å². The molecule has 2 aromatic carbocycles. The summed E-state index contributed by atoms with van der Waals surface area (Å²) >= 11 is 0. The quantitative estimate of drug-likeness (QED) is 0.775. The Kier molecular flexibility index (Phi) is 5.67. The minimum absolute atomic E-state index is 0.0343. The first-order chi connectivity index (χ1) is 13.4. The van der Waals surface area contributed by atoms with Gasteiger partial charge in [-0.3, -0.25) is 9.59 Å². The molecule has 0 radical (unpaired) electrons. The van der Waals surface area contributed by atoms with E-state index in [1.165, 1.54) is 41.3 Å². The Labute approximate surface area is 160 Å². The fraction of sp³-hybridized carbons (Fsp3) is 0.250. The van der Waals surface area contributed by atoms with Crippen LogP contribution in [0.3, 0.4) is 0 Å². The van der Waals surface area contributed by atoms with Gasteiger partial charge in [-0.25, -0.2) is 18.5 Å². The van der Waals surface area contributed by atoms with Gasteiger partial charge in [0.1, 0.15) is 17.7 Å². The Bertz CT molecular complexity index is 885. The van der Waals surface area contributed by atoms with Crippen LogP contribution in [0.2, 0.25) is 0 Å². The van der Waals surface area contributed by atoms with Crippen molar-refractivity contribution in [2.24, 2.45) is 0 Å². The van der Waals surface area contributed by atoms with Gasteiger partial charge in [-0.15, -0.1) is 0 Å². The van der Waals surface area contributed by atoms with Crippen LogP contribution in [-0.2, 0) is 16.1 Å². The van der Waals surface area contributed by atoms with E-state index in [1.807, 2.05) is 0 Å². The minimum atomic E-state index is -1.01. The van der Waals surface area contributed by atoms with Gasteiger partial charge in [-0.05, 0) is 48.9 Å². The molecule has 6 nitrogen and oxygen atoms in total. The summed E-state index contributed by atoms with van der Waals surface area (Å²) in [5.74, 6) is -1.84. The number of halogens is 2. The molecule has 1 heterocycles. The number of amides is 4. The average molecular weight is 387 g/mol. The summed E-state index contributed by atoms with van der Waals surface area (Å²) in [5.41, 5.74) is 0.836. The molecule has 8 heteroatoms. The van der Waals surface area contributed by atoms with Crippen molar-refractivity contribution in [3.8, 4) is 0 Å². The molecule has 1 N–H and O–H groups in total. The van der Waals surface area contributed by atoms with Crippen molar-refractivity contribution in [3.63, 3.8) is 0 Å². The zero-order chi connectivity index (χ0) is 20.3. The molecule has 28 heavy (non-hydrogen) atoms. The molecule has 1 atom stereocenters. The van der Waals surface area contributed by atoms with Crippen molar-refractivity contribution in [3.05, 3.63) is 65.7 Å². The Hall–Kier alpha value is -3.29. The Morgan fingerprint density at radius 3 is 2.14 bits per heavy atom. The van der Waals surface area contributed by atoms with Crippen molar-refractivity contribution >= 4 is 23.5 Å². The lowest BCUT2D eigenvalue weighted by Gasteiger charge is -2.21. The number of carbonyl (C=O) groups is 3. The van der Waals surface area contributed by atoms with Gasteiger partial charge in [0.05, 0.1) is 12.1 Å². The zero-order valence-corrected chi connectivity index (χ0v) is 15.2. The van der Waals surface area contributed by atoms with Gasteiger partial charge in [0.15, 0.2) is 0 Å². The molecular formula is C20H19F2N3O3. The average Bonchev–Trinajstić information content (AvgIpc) is 2.89. The van der Waals surface area contributed by atoms with E-state index in [4.69, 9.17) is 0 Å². The number of imide groups is 1. The number of urea groups is 1. The first-order valence-electron chi connectivity index (χ1n) is 8.82. The summed E-state index contributed by atoms with van der Waals surface area (Å²) in [4.78, 5) is 40.2. The van der Waals surface area contributed by atoms with Crippen LogP contribution in [0.15, 0.2) is 48.5 Å². The highest BCUT2D eigenvalue weighted by Crippen LogP contribution is 2.28. The zero-order valence-electron chi connectivity index (χ0n) is 15.2. The molecule has 3 rings (SSSR count). The largest absolute Gasteiger partial charge is 0.356 e. The third-order valence-electron chi connectivity index (χ3n) is 4.42. The van der Waals surface area contributed by atoms with E-state index in [1.54, 1.807) is 6.92 Å². The number of rotatable bonds is 6. The smallest absolute Gasteiger partial charge is 0.332 e. The fourth-order valence-corrected chi connectivity index (χ4v) is 3.07. The summed E-state index contributed by atoms with van der Waals surface area (Å²) in [7, 11) is 0. The molecule has 0 aliphatic carbocycles. The van der Waals surface area contributed by atoms with Gasteiger partial charge in [0.25, 0.3) is 5.91 Å². The first-order valence-corrected chi connectivity index (χ1v) is 8.82. The van der Waals surface area contributed by atoms with Crippen LogP contribution in [-0.4, -0.2) is 35.3 Å². The third kappa shape index (κ3) is 4.00. The van der Waals surface area contributed by atoms with Crippen molar-refractivity contribution < 1.29 is 23.2 Å². The van der Waals surface area contributed by atoms with Crippen molar-refractivity contribution in [2.45, 2.75) is 25.9 Å². The monoisotopic (exact) mass is 387 g/mol. The molecule has 2 aromatic rings. The van der Waals surface area contributed by atoms with E-state index in [2.05, 4.69) is 5.32 Å². The van der Waals surface area contributed by atoms with E-state index < -0.39 is 29.6 Å². The molecule has 0 bridgehead atoms. The second-order valence-corrected chi connectivity index (χ2v) is 6.36. The molecule has 1 saturated heterocycles. The SMILES string of the molecule is CCNC(=O)CC1C(=O)N(c2ccc(F)cc2)C(=O)N1Cc1ccc(F)cc1. The molecular weight excluding hydrogens is 368 g/mol. The Morgan fingerprint density at radius 1 is 1.00 bits per heavy atom. The minimum Gasteiger partial charge on any atom is -0.356 e. The Balaban J connectivity index is 1.91. The summed E-state index contributed by atoms with van der Waals surface area (Å²) in [6.45, 7) is 2.18. The van der Waals surface area contributed by atoms with Crippen LogP contribution in [0.25, 0.3) is 0 Å². The van der Waals surface area contributed by atoms with E-state index in [0.717, 1.165) is 17.0 Å². The van der Waals surface area contributed by atoms with Crippen molar-refractivity contribution in [1.82, 2.24) is 10.2 Å². The van der Waals surface area contributed by atoms with Crippen LogP contribution in [0, 0.1) is 11.6 Å². The van der Waals surface area contributed by atoms with Gasteiger partial charge < -0.3 is 10.2 Å². The highest BCUT2D eigenvalue weighted by atomic mass is 19.1. The van der Waals surface area contributed by atoms with Gasteiger partial charge >= 0.3 is 6.03 Å². The predicted molar refractivity (Wildman–Crippen MR) is 98.3 cm³/mol. The highest BCUT2D eigenvalue weighted by Gasteiger charge is 2.46. The molecule has 0 spiro atoms. The maximum absolute atomic E-state index is 13.2. The molecule has 4 amide bonds. The second-order valence-electron chi connectivity index (χ2n) is 6.36. The number of benzene rings is 2. The second kappa shape index (κ2) is 8.16. The lowest BCUT2D eigenvalue weighted by Crippen LogP contribution is -2.39. The van der Waals surface area contributed by atoms with Gasteiger partial charge in [0.2, 0.25) is 5.91 Å². The van der Waals surface area contributed by atoms with Crippen molar-refractivity contribution in [2.75, 3.05) is 11.4 Å². The molecule has 1 unspecified atom stereocenters. The van der Waals surface area contributed by atoms with Gasteiger partial charge in [-0.1, -0.05) is 12.1 Å². The fourth-order valence-electron chi connectivity index (χ4n) is 3.07. The number of hydrogen-bond donors (Lipinski definition) is 1. The van der Waals surface area contributed by atoms with E-state index >= 15 is 0 Å². The molecule has 1 fully saturated rings. The molecule has 1 aliphatic heterocycles. The van der Waals surface area contributed by atoms with Gasteiger partial charge in [-0.2, -0.15) is 0 Å². The van der Waals surface area contributed by atoms with Crippen molar-refractivity contribution in [1.29, 1.82) is 0 Å². The number of hydrogen-bond acceptors (Lipinski definition) is 3. The number of carbonyl (C=O) groups excluding carboxylic acids is 3. The van der Waals surface area contributed by atoms with Crippen LogP contribution >= 0.6 is 0 Å². The molecule has 146 valence electrons. The van der Waals surface area contributed by atoms with Crippen LogP contribution in [0.4, 0.5) is 19.3 Å². The van der Waals surface area contributed by atoms with Crippen LogP contribution in [0.1, 0.15) is 18.9 Å². The van der Waals surface area contributed by atoms with E-state index in [0.29, 0.717) is 12.1 Å². The highest BCUT2D eigenvalue weighted by molar-refractivity contribution is 6.22. The summed E-state index contributed by atoms with van der Waals surface area (Å²) < 4.78 is 26.4. The van der Waals surface area contributed by atoms with Crippen LogP contribution in [0.5, 0.6) is 0 Å². The normalized spacial score (nSPS) is 16.6.